The van der Waals surface area contributed by atoms with Crippen LogP contribution in [-0.2, 0) is 4.79 Å². The summed E-state index contributed by atoms with van der Waals surface area (Å²) in [5, 5.41) is 11.3. The van der Waals surface area contributed by atoms with Crippen LogP contribution in [0.5, 0.6) is 17.2 Å². The SMILES string of the molecule is CCCSC1=NN2C(=c3ccccc3=N[C@@H]2c2c(OC)cc(OC)cc2OC)C(=O)N1. The number of thioether (sulfide) groups is 1. The molecule has 2 heterocycles. The van der Waals surface area contributed by atoms with E-state index in [0.29, 0.717) is 39.0 Å². The van der Waals surface area contributed by atoms with E-state index in [1.807, 2.05) is 24.3 Å². The van der Waals surface area contributed by atoms with Gasteiger partial charge < -0.3 is 14.2 Å². The molecule has 0 saturated carbocycles. The Kier molecular flexibility index (Phi) is 6.03. The first kappa shape index (κ1) is 21.0. The van der Waals surface area contributed by atoms with E-state index < -0.39 is 6.17 Å². The number of methoxy groups -OCH3 is 3. The molecule has 2 aliphatic heterocycles. The third kappa shape index (κ3) is 3.81. The molecule has 0 fully saturated rings. The quantitative estimate of drug-likeness (QED) is 0.740. The molecule has 2 aliphatic rings. The fraction of sp³-hybridized carbons (Fsp3) is 0.318. The zero-order chi connectivity index (χ0) is 22.0. The Balaban J connectivity index is 1.97. The number of rotatable bonds is 6. The average Bonchev–Trinajstić information content (AvgIpc) is 2.81. The lowest BCUT2D eigenvalue weighted by Gasteiger charge is -2.35. The van der Waals surface area contributed by atoms with Crippen LogP contribution in [0, 0.1) is 0 Å². The van der Waals surface area contributed by atoms with Crippen LogP contribution >= 0.6 is 11.8 Å². The molecule has 0 saturated heterocycles. The summed E-state index contributed by atoms with van der Waals surface area (Å²) in [6.45, 7) is 2.08. The number of amides is 1. The number of nitrogens with zero attached hydrogens (tertiary/aromatic N) is 3. The number of ether oxygens (including phenoxy) is 3. The van der Waals surface area contributed by atoms with Crippen LogP contribution in [0.1, 0.15) is 25.1 Å². The van der Waals surface area contributed by atoms with Gasteiger partial charge in [0.1, 0.15) is 22.9 Å². The zero-order valence-electron chi connectivity index (χ0n) is 17.8. The molecule has 4 rings (SSSR count). The zero-order valence-corrected chi connectivity index (χ0v) is 18.7. The smallest absolute Gasteiger partial charge is 0.276 e. The summed E-state index contributed by atoms with van der Waals surface area (Å²) in [6, 6.07) is 11.1. The van der Waals surface area contributed by atoms with Gasteiger partial charge in [0.25, 0.3) is 5.91 Å². The standard InChI is InChI=1S/C22H24N4O4S/c1-5-10-31-22-24-21(27)19-14-8-6-7-9-15(14)23-20(26(19)25-22)18-16(29-3)11-13(28-2)12-17(18)30-4/h6-9,11-12,20H,5,10H2,1-4H3,(H,24,25,27)/t20-/m0/s1. The highest BCUT2D eigenvalue weighted by Crippen LogP contribution is 2.43. The van der Waals surface area contributed by atoms with Crippen molar-refractivity contribution in [3.05, 3.63) is 52.5 Å². The van der Waals surface area contributed by atoms with Gasteiger partial charge >= 0.3 is 0 Å². The van der Waals surface area contributed by atoms with Crippen LogP contribution in [0.2, 0.25) is 0 Å². The van der Waals surface area contributed by atoms with E-state index in [9.17, 15) is 4.79 Å². The molecule has 0 aliphatic carbocycles. The summed E-state index contributed by atoms with van der Waals surface area (Å²) in [4.78, 5) is 18.1. The largest absolute Gasteiger partial charge is 0.496 e. The number of benzene rings is 2. The van der Waals surface area contributed by atoms with Crippen LogP contribution in [-0.4, -0.2) is 43.2 Å². The number of hydrazone groups is 1. The monoisotopic (exact) mass is 440 g/mol. The normalized spacial score (nSPS) is 17.1. The van der Waals surface area contributed by atoms with Crippen molar-refractivity contribution in [1.29, 1.82) is 0 Å². The molecule has 31 heavy (non-hydrogen) atoms. The minimum absolute atomic E-state index is 0.215. The number of carbonyl (C=O) groups is 1. The molecule has 0 spiro atoms. The second kappa shape index (κ2) is 8.89. The number of fused-ring (bicyclic) bond motifs is 2. The van der Waals surface area contributed by atoms with Crippen LogP contribution in [0.15, 0.2) is 46.5 Å². The van der Waals surface area contributed by atoms with Gasteiger partial charge in [-0.25, -0.2) is 5.01 Å². The van der Waals surface area contributed by atoms with Crippen molar-refractivity contribution in [3.63, 3.8) is 0 Å². The lowest BCUT2D eigenvalue weighted by atomic mass is 10.1. The first-order valence-corrected chi connectivity index (χ1v) is 10.9. The molecule has 0 bridgehead atoms. The number of carbonyl (C=O) groups excluding carboxylic acids is 1. The van der Waals surface area contributed by atoms with Crippen molar-refractivity contribution in [3.8, 4) is 17.2 Å². The average molecular weight is 441 g/mol. The highest BCUT2D eigenvalue weighted by molar-refractivity contribution is 8.13. The Morgan fingerprint density at radius 1 is 1.10 bits per heavy atom. The first-order chi connectivity index (χ1) is 15.1. The first-order valence-electron chi connectivity index (χ1n) is 9.90. The second-order valence-electron chi connectivity index (χ2n) is 6.87. The van der Waals surface area contributed by atoms with Crippen LogP contribution in [0.4, 0.5) is 0 Å². The Labute approximate surface area is 184 Å². The molecular weight excluding hydrogens is 416 g/mol. The Morgan fingerprint density at radius 3 is 2.45 bits per heavy atom. The second-order valence-corrected chi connectivity index (χ2v) is 7.95. The highest BCUT2D eigenvalue weighted by atomic mass is 32.2. The van der Waals surface area contributed by atoms with Gasteiger partial charge in [0.15, 0.2) is 11.3 Å². The number of nitrogens with one attached hydrogen (secondary N) is 1. The van der Waals surface area contributed by atoms with Crippen molar-refractivity contribution < 1.29 is 19.0 Å². The van der Waals surface area contributed by atoms with Crippen molar-refractivity contribution in [2.75, 3.05) is 27.1 Å². The summed E-state index contributed by atoms with van der Waals surface area (Å²) in [5.74, 6) is 2.29. The van der Waals surface area contributed by atoms with E-state index in [1.165, 1.54) is 11.8 Å². The van der Waals surface area contributed by atoms with Crippen LogP contribution in [0.25, 0.3) is 5.70 Å². The summed E-state index contributed by atoms with van der Waals surface area (Å²) in [7, 11) is 4.74. The minimum Gasteiger partial charge on any atom is -0.496 e. The summed E-state index contributed by atoms with van der Waals surface area (Å²) in [5.41, 5.74) is 1.10. The topological polar surface area (TPSA) is 84.8 Å². The van der Waals surface area contributed by atoms with Crippen LogP contribution in [0.3, 0.4) is 0 Å². The Bertz CT molecular complexity index is 1140. The van der Waals surface area contributed by atoms with E-state index in [-0.39, 0.29) is 5.91 Å². The van der Waals surface area contributed by atoms with E-state index in [0.717, 1.165) is 17.4 Å². The maximum atomic E-state index is 13.1. The molecule has 8 nitrogen and oxygen atoms in total. The van der Waals surface area contributed by atoms with Gasteiger partial charge in [0.2, 0.25) is 0 Å². The molecule has 1 amide bonds. The van der Waals surface area contributed by atoms with Gasteiger partial charge in [-0.1, -0.05) is 36.9 Å². The number of para-hydroxylation sites is 1. The van der Waals surface area contributed by atoms with Crippen molar-refractivity contribution in [1.82, 2.24) is 10.3 Å². The van der Waals surface area contributed by atoms with Crippen molar-refractivity contribution in [2.45, 2.75) is 19.5 Å². The highest BCUT2D eigenvalue weighted by Gasteiger charge is 2.37. The van der Waals surface area contributed by atoms with E-state index in [4.69, 9.17) is 24.3 Å². The van der Waals surface area contributed by atoms with Gasteiger partial charge in [-0.05, 0) is 12.5 Å². The van der Waals surface area contributed by atoms with Gasteiger partial charge in [-0.2, -0.15) is 0 Å². The fourth-order valence-electron chi connectivity index (χ4n) is 3.57. The predicted octanol–water partition coefficient (Wildman–Crippen LogP) is 2.00. The Morgan fingerprint density at radius 2 is 1.81 bits per heavy atom. The van der Waals surface area contributed by atoms with E-state index in [2.05, 4.69) is 12.2 Å². The van der Waals surface area contributed by atoms with E-state index in [1.54, 1.807) is 38.5 Å². The molecular formula is C22H24N4O4S. The van der Waals surface area contributed by atoms with E-state index >= 15 is 0 Å². The molecule has 0 aromatic heterocycles. The summed E-state index contributed by atoms with van der Waals surface area (Å²) < 4.78 is 16.7. The van der Waals surface area contributed by atoms with Gasteiger partial charge in [0.05, 0.1) is 32.3 Å². The molecule has 9 heteroatoms. The molecule has 1 atom stereocenters. The number of hydrogen-bond acceptors (Lipinski definition) is 8. The van der Waals surface area contributed by atoms with Gasteiger partial charge in [0, 0.05) is 23.1 Å². The fourth-order valence-corrected chi connectivity index (χ4v) is 4.27. The molecule has 1 N–H and O–H groups in total. The summed E-state index contributed by atoms with van der Waals surface area (Å²) >= 11 is 1.50. The minimum atomic E-state index is -0.649. The van der Waals surface area contributed by atoms with Gasteiger partial charge in [-0.3, -0.25) is 15.1 Å². The summed E-state index contributed by atoms with van der Waals surface area (Å²) in [6.07, 6.45) is 0.316. The molecule has 162 valence electrons. The van der Waals surface area contributed by atoms with Crippen molar-refractivity contribution >= 4 is 28.5 Å². The molecule has 2 aromatic rings. The Hall–Kier alpha value is -3.20. The lowest BCUT2D eigenvalue weighted by molar-refractivity contribution is -0.116. The maximum absolute atomic E-state index is 13.1. The molecule has 2 aromatic carbocycles. The van der Waals surface area contributed by atoms with Crippen molar-refractivity contribution in [2.24, 2.45) is 10.1 Å². The number of hydrogen-bond donors (Lipinski definition) is 1. The van der Waals surface area contributed by atoms with Gasteiger partial charge in [-0.15, -0.1) is 5.10 Å². The van der Waals surface area contributed by atoms with Crippen LogP contribution < -0.4 is 30.1 Å². The lowest BCUT2D eigenvalue weighted by Crippen LogP contribution is -2.50. The molecule has 0 radical (unpaired) electrons. The molecule has 0 unspecified atom stereocenters. The third-order valence-corrected chi connectivity index (χ3v) is 6.04. The maximum Gasteiger partial charge on any atom is 0.276 e. The predicted molar refractivity (Wildman–Crippen MR) is 120 cm³/mol. The third-order valence-electron chi connectivity index (χ3n) is 4.97. The number of amidine groups is 1.